The lowest BCUT2D eigenvalue weighted by Crippen LogP contribution is -2.21. The van der Waals surface area contributed by atoms with E-state index in [9.17, 15) is 9.59 Å². The van der Waals surface area contributed by atoms with E-state index in [2.05, 4.69) is 10.4 Å². The molecule has 0 aliphatic heterocycles. The van der Waals surface area contributed by atoms with E-state index in [0.717, 1.165) is 21.9 Å². The topological polar surface area (TPSA) is 86.4 Å². The number of carbonyl (C=O) groups excluding carboxylic acids is 2. The van der Waals surface area contributed by atoms with Crippen LogP contribution in [0.3, 0.4) is 0 Å². The van der Waals surface area contributed by atoms with E-state index in [0.29, 0.717) is 22.5 Å². The number of benzene rings is 2. The maximum Gasteiger partial charge on any atom is 0.375 e. The number of carbonyl (C=O) groups is 2. The summed E-state index contributed by atoms with van der Waals surface area (Å²) < 4.78 is 12.7. The molecule has 0 bridgehead atoms. The molecular weight excluding hydrogens is 370 g/mol. The third-order valence-electron chi connectivity index (χ3n) is 5.12. The fraction of sp³-hybridized carbons (Fsp3) is 0.227. The molecule has 0 fully saturated rings. The number of rotatable bonds is 4. The third kappa shape index (κ3) is 3.24. The Balaban J connectivity index is 1.52. The summed E-state index contributed by atoms with van der Waals surface area (Å²) in [6.07, 6.45) is 0. The smallest absolute Gasteiger partial charge is 0.375 e. The summed E-state index contributed by atoms with van der Waals surface area (Å²) in [4.78, 5) is 24.8. The first-order chi connectivity index (χ1) is 13.9. The molecule has 0 spiro atoms. The van der Waals surface area contributed by atoms with Gasteiger partial charge in [0.2, 0.25) is 5.76 Å². The fourth-order valence-corrected chi connectivity index (χ4v) is 3.47. The van der Waals surface area contributed by atoms with Crippen molar-refractivity contribution >= 4 is 39.3 Å². The monoisotopic (exact) mass is 391 g/mol. The highest BCUT2D eigenvalue weighted by atomic mass is 16.5. The Hall–Kier alpha value is -3.61. The van der Waals surface area contributed by atoms with Gasteiger partial charge in [0, 0.05) is 23.4 Å². The zero-order valence-corrected chi connectivity index (χ0v) is 16.7. The molecule has 0 aliphatic carbocycles. The summed E-state index contributed by atoms with van der Waals surface area (Å²) in [6, 6.07) is 11.7. The van der Waals surface area contributed by atoms with E-state index in [1.165, 1.54) is 0 Å². The maximum absolute atomic E-state index is 12.6. The van der Waals surface area contributed by atoms with Crippen LogP contribution in [0.2, 0.25) is 0 Å². The lowest BCUT2D eigenvalue weighted by atomic mass is 10.1. The molecule has 2 aromatic carbocycles. The van der Waals surface area contributed by atoms with Crippen LogP contribution in [0.5, 0.6) is 0 Å². The quantitative estimate of drug-likeness (QED) is 0.531. The van der Waals surface area contributed by atoms with Gasteiger partial charge in [0.25, 0.3) is 5.91 Å². The number of hydrogen-bond donors (Lipinski definition) is 1. The average molecular weight is 391 g/mol. The van der Waals surface area contributed by atoms with Crippen molar-refractivity contribution in [3.8, 4) is 0 Å². The van der Waals surface area contributed by atoms with Gasteiger partial charge in [-0.2, -0.15) is 5.10 Å². The number of aryl methyl sites for hydroxylation is 3. The SMILES string of the molecule is Cc1nn(C)c(C)c1NC(=O)COC(=O)c1oc2c(ccc3ccccc32)c1C. The van der Waals surface area contributed by atoms with Crippen LogP contribution < -0.4 is 5.32 Å². The van der Waals surface area contributed by atoms with Crippen LogP contribution in [0.15, 0.2) is 40.8 Å². The molecule has 0 unspecified atom stereocenters. The molecule has 2 aromatic heterocycles. The van der Waals surface area contributed by atoms with Crippen LogP contribution in [-0.4, -0.2) is 28.3 Å². The number of aromatic nitrogens is 2. The average Bonchev–Trinajstić information content (AvgIpc) is 3.17. The Morgan fingerprint density at radius 3 is 2.59 bits per heavy atom. The molecule has 29 heavy (non-hydrogen) atoms. The second-order valence-corrected chi connectivity index (χ2v) is 7.01. The molecule has 0 atom stereocenters. The highest BCUT2D eigenvalue weighted by molar-refractivity contribution is 6.08. The van der Waals surface area contributed by atoms with Gasteiger partial charge in [-0.05, 0) is 26.2 Å². The number of fused-ring (bicyclic) bond motifs is 3. The van der Waals surface area contributed by atoms with Crippen molar-refractivity contribution in [3.05, 3.63) is 59.1 Å². The van der Waals surface area contributed by atoms with Crippen LogP contribution in [0.4, 0.5) is 5.69 Å². The minimum absolute atomic E-state index is 0.109. The Bertz CT molecular complexity index is 1270. The van der Waals surface area contributed by atoms with Gasteiger partial charge in [-0.25, -0.2) is 4.79 Å². The summed E-state index contributed by atoms with van der Waals surface area (Å²) in [5, 5.41) is 9.78. The maximum atomic E-state index is 12.6. The van der Waals surface area contributed by atoms with E-state index >= 15 is 0 Å². The molecule has 148 valence electrons. The van der Waals surface area contributed by atoms with Crippen LogP contribution in [-0.2, 0) is 16.6 Å². The van der Waals surface area contributed by atoms with Crippen molar-refractivity contribution in [3.63, 3.8) is 0 Å². The number of hydrogen-bond acceptors (Lipinski definition) is 5. The van der Waals surface area contributed by atoms with Crippen molar-refractivity contribution in [1.82, 2.24) is 9.78 Å². The second kappa shape index (κ2) is 7.09. The second-order valence-electron chi connectivity index (χ2n) is 7.01. The van der Waals surface area contributed by atoms with E-state index in [1.54, 1.807) is 25.6 Å². The molecule has 4 aromatic rings. The van der Waals surface area contributed by atoms with Crippen LogP contribution in [0, 0.1) is 20.8 Å². The fourth-order valence-electron chi connectivity index (χ4n) is 3.47. The molecule has 0 saturated heterocycles. The van der Waals surface area contributed by atoms with Gasteiger partial charge >= 0.3 is 5.97 Å². The number of anilines is 1. The number of esters is 1. The van der Waals surface area contributed by atoms with Crippen LogP contribution in [0.1, 0.15) is 27.5 Å². The van der Waals surface area contributed by atoms with Gasteiger partial charge in [0.05, 0.1) is 17.1 Å². The largest absolute Gasteiger partial charge is 0.450 e. The molecule has 0 radical (unpaired) electrons. The third-order valence-corrected chi connectivity index (χ3v) is 5.12. The van der Waals surface area contributed by atoms with Crippen LogP contribution >= 0.6 is 0 Å². The number of ether oxygens (including phenoxy) is 1. The zero-order chi connectivity index (χ0) is 20.7. The lowest BCUT2D eigenvalue weighted by molar-refractivity contribution is -0.119. The van der Waals surface area contributed by atoms with Crippen molar-refractivity contribution in [2.45, 2.75) is 20.8 Å². The van der Waals surface area contributed by atoms with E-state index < -0.39 is 18.5 Å². The summed E-state index contributed by atoms with van der Waals surface area (Å²) in [5.74, 6) is -0.993. The minimum Gasteiger partial charge on any atom is -0.450 e. The van der Waals surface area contributed by atoms with Gasteiger partial charge in [-0.3, -0.25) is 9.48 Å². The summed E-state index contributed by atoms with van der Waals surface area (Å²) >= 11 is 0. The van der Waals surface area contributed by atoms with Crippen molar-refractivity contribution in [2.24, 2.45) is 7.05 Å². The highest BCUT2D eigenvalue weighted by Gasteiger charge is 2.21. The number of furan rings is 1. The van der Waals surface area contributed by atoms with Crippen LogP contribution in [0.25, 0.3) is 21.7 Å². The molecule has 0 saturated carbocycles. The highest BCUT2D eigenvalue weighted by Crippen LogP contribution is 2.32. The van der Waals surface area contributed by atoms with Crippen molar-refractivity contribution in [2.75, 3.05) is 11.9 Å². The molecule has 1 N–H and O–H groups in total. The Morgan fingerprint density at radius 2 is 1.86 bits per heavy atom. The molecule has 4 rings (SSSR count). The Morgan fingerprint density at radius 1 is 1.10 bits per heavy atom. The first kappa shape index (κ1) is 18.7. The minimum atomic E-state index is -0.669. The lowest BCUT2D eigenvalue weighted by Gasteiger charge is -2.06. The molecule has 1 amide bonds. The summed E-state index contributed by atoms with van der Waals surface area (Å²) in [6.45, 7) is 5.05. The van der Waals surface area contributed by atoms with Crippen molar-refractivity contribution in [1.29, 1.82) is 0 Å². The summed E-state index contributed by atoms with van der Waals surface area (Å²) in [7, 11) is 1.80. The first-order valence-electron chi connectivity index (χ1n) is 9.25. The molecule has 7 heteroatoms. The van der Waals surface area contributed by atoms with Gasteiger partial charge in [-0.15, -0.1) is 0 Å². The van der Waals surface area contributed by atoms with Gasteiger partial charge in [-0.1, -0.05) is 36.4 Å². The van der Waals surface area contributed by atoms with Gasteiger partial charge in [0.15, 0.2) is 6.61 Å². The number of amides is 1. The number of nitrogens with one attached hydrogen (secondary N) is 1. The van der Waals surface area contributed by atoms with Gasteiger partial charge in [0.1, 0.15) is 5.58 Å². The molecular formula is C22H21N3O4. The molecule has 7 nitrogen and oxygen atoms in total. The predicted octanol–water partition coefficient (Wildman–Crippen LogP) is 4.04. The van der Waals surface area contributed by atoms with Gasteiger partial charge < -0.3 is 14.5 Å². The van der Waals surface area contributed by atoms with E-state index in [-0.39, 0.29) is 5.76 Å². The molecule has 2 heterocycles. The summed E-state index contributed by atoms with van der Waals surface area (Å²) in [5.41, 5.74) is 3.47. The Kier molecular flexibility index (Phi) is 4.58. The van der Waals surface area contributed by atoms with E-state index in [4.69, 9.17) is 9.15 Å². The first-order valence-corrected chi connectivity index (χ1v) is 9.25. The standard InChI is InChI=1S/C22H21N3O4/c1-12-16-10-9-15-7-5-6-8-17(15)21(16)29-20(12)22(27)28-11-18(26)23-19-13(2)24-25(4)14(19)3/h5-10H,11H2,1-4H3,(H,23,26). The zero-order valence-electron chi connectivity index (χ0n) is 16.7. The number of nitrogens with zero attached hydrogens (tertiary/aromatic N) is 2. The Labute approximate surface area is 167 Å². The van der Waals surface area contributed by atoms with Crippen molar-refractivity contribution < 1.29 is 18.7 Å². The predicted molar refractivity (Wildman–Crippen MR) is 110 cm³/mol. The van der Waals surface area contributed by atoms with E-state index in [1.807, 2.05) is 43.3 Å². The molecule has 0 aliphatic rings. The normalized spacial score (nSPS) is 11.2.